The van der Waals surface area contributed by atoms with E-state index < -0.39 is 117 Å². The molecule has 324 valence electrons. The van der Waals surface area contributed by atoms with Crippen molar-refractivity contribution in [1.82, 2.24) is 0 Å². The lowest BCUT2D eigenvalue weighted by Gasteiger charge is -2.36. The Morgan fingerprint density at radius 1 is 0.481 bits per heavy atom. The fourth-order valence-corrected chi connectivity index (χ4v) is 3.42. The lowest BCUT2D eigenvalue weighted by Crippen LogP contribution is -2.65. The summed E-state index contributed by atoms with van der Waals surface area (Å²) < 4.78 is 300. The molecule has 0 saturated carbocycles. The molecule has 28 heteroatoms. The summed E-state index contributed by atoms with van der Waals surface area (Å²) in [6.45, 7) is -11.6. The molecular weight excluding hydrogens is 820 g/mol. The molecule has 0 heterocycles. The maximum Gasteiger partial charge on any atom is 0.384 e. The summed E-state index contributed by atoms with van der Waals surface area (Å²) in [6.07, 6.45) is -14.0. The topological polar surface area (TPSA) is 81.7 Å². The monoisotopic (exact) mass is 852 g/mol. The first kappa shape index (κ1) is 51.8. The second kappa shape index (κ2) is 19.3. The number of carbonyl (C=O) groups excluding carboxylic acids is 1. The molecule has 0 N–H and O–H groups in total. The predicted octanol–water partition coefficient (Wildman–Crippen LogP) is 6.88. The van der Waals surface area contributed by atoms with Gasteiger partial charge in [0.15, 0.2) is 0 Å². The Balaban J connectivity index is 6.45. The first-order chi connectivity index (χ1) is 24.2. The molecule has 0 aromatic heterocycles. The fourth-order valence-electron chi connectivity index (χ4n) is 3.42. The van der Waals surface area contributed by atoms with E-state index in [9.17, 15) is 92.6 Å². The normalized spacial score (nSPS) is 14.9. The molecule has 0 unspecified atom stereocenters. The lowest BCUT2D eigenvalue weighted by molar-refractivity contribution is -0.388. The van der Waals surface area contributed by atoms with E-state index in [2.05, 4.69) is 18.9 Å². The quantitative estimate of drug-likeness (QED) is 0.0480. The minimum atomic E-state index is -7.50. The van der Waals surface area contributed by atoms with Crippen molar-refractivity contribution in [2.24, 2.45) is 5.41 Å². The minimum absolute atomic E-state index is 0.123. The number of carbonyl (C=O) groups is 1. The van der Waals surface area contributed by atoms with Crippen molar-refractivity contribution in [2.75, 3.05) is 80.3 Å². The first-order valence-corrected chi connectivity index (χ1v) is 14.3. The van der Waals surface area contributed by atoms with Gasteiger partial charge in [-0.1, -0.05) is 0 Å². The summed E-state index contributed by atoms with van der Waals surface area (Å²) in [5, 5.41) is 0. The third-order valence-electron chi connectivity index (χ3n) is 6.74. The summed E-state index contributed by atoms with van der Waals surface area (Å²) in [6, 6.07) is 0. The van der Waals surface area contributed by atoms with Crippen LogP contribution in [0.15, 0.2) is 0 Å². The van der Waals surface area contributed by atoms with Crippen molar-refractivity contribution in [2.45, 2.75) is 73.3 Å². The Kier molecular flexibility index (Phi) is 18.5. The second-order valence-electron chi connectivity index (χ2n) is 11.3. The third-order valence-corrected chi connectivity index (χ3v) is 6.74. The summed E-state index contributed by atoms with van der Waals surface area (Å²) in [4.78, 5) is 13.1. The molecule has 0 aliphatic heterocycles. The van der Waals surface area contributed by atoms with Crippen LogP contribution in [-0.2, 0) is 38.0 Å². The molecule has 0 bridgehead atoms. The molecule has 0 radical (unpaired) electrons. The van der Waals surface area contributed by atoms with Crippen LogP contribution >= 0.6 is 0 Å². The van der Waals surface area contributed by atoms with Crippen LogP contribution in [0, 0.1) is 5.41 Å². The highest BCUT2D eigenvalue weighted by Crippen LogP contribution is 2.55. The van der Waals surface area contributed by atoms with Gasteiger partial charge in [0.05, 0.1) is 52.9 Å². The van der Waals surface area contributed by atoms with Crippen LogP contribution in [0.4, 0.5) is 87.8 Å². The SMILES string of the molecule is COCCOCC(C)(COCCOC)C(=O)OC(COCC(F)(F)C(F)(F)C(F)(F)C(F)(F)C(F)F)COCC(F)(F)C(F)(F)C(F)(F)C(F)(F)C(F)F. The van der Waals surface area contributed by atoms with Gasteiger partial charge in [-0.3, -0.25) is 4.79 Å². The number of hydrogen-bond acceptors (Lipinski definition) is 8. The number of esters is 1. The number of alkyl halides is 20. The molecule has 0 aliphatic rings. The van der Waals surface area contributed by atoms with E-state index in [-0.39, 0.29) is 26.4 Å². The standard InChI is InChI=1S/C26H32F20O8/c1-18(10-50-6-4-48-2,11-51-7-5-49-3)17(47)54-14(8-52-12-19(31,32)23(39,40)25(43,44)21(35,36)15(27)28)9-53-13-20(33,34)24(41,42)26(45,46)22(37,38)16(29)30/h14-16H,4-13H2,1-3H3. The number of ether oxygens (including phenoxy) is 7. The lowest BCUT2D eigenvalue weighted by atomic mass is 9.93. The molecule has 0 aromatic carbocycles. The van der Waals surface area contributed by atoms with Gasteiger partial charge >= 0.3 is 66.2 Å². The number of hydrogen-bond donors (Lipinski definition) is 0. The van der Waals surface area contributed by atoms with E-state index in [1.54, 1.807) is 0 Å². The summed E-state index contributed by atoms with van der Waals surface area (Å²) in [7, 11) is 2.40. The number of rotatable bonds is 28. The van der Waals surface area contributed by atoms with Crippen LogP contribution in [0.5, 0.6) is 0 Å². The zero-order chi connectivity index (χ0) is 42.8. The Morgan fingerprint density at radius 2 is 0.796 bits per heavy atom. The van der Waals surface area contributed by atoms with Crippen molar-refractivity contribution in [3.8, 4) is 0 Å². The van der Waals surface area contributed by atoms with Crippen LogP contribution in [0.1, 0.15) is 6.92 Å². The Hall–Kier alpha value is -2.17. The van der Waals surface area contributed by atoms with Gasteiger partial charge in [-0.05, 0) is 6.92 Å². The summed E-state index contributed by atoms with van der Waals surface area (Å²) >= 11 is 0. The highest BCUT2D eigenvalue weighted by molar-refractivity contribution is 5.77. The highest BCUT2D eigenvalue weighted by atomic mass is 19.4. The first-order valence-electron chi connectivity index (χ1n) is 14.3. The van der Waals surface area contributed by atoms with E-state index >= 15 is 0 Å². The average molecular weight is 852 g/mol. The van der Waals surface area contributed by atoms with Crippen LogP contribution in [0.3, 0.4) is 0 Å². The van der Waals surface area contributed by atoms with Crippen LogP contribution < -0.4 is 0 Å². The van der Waals surface area contributed by atoms with E-state index in [1.165, 1.54) is 14.2 Å². The summed E-state index contributed by atoms with van der Waals surface area (Å²) in [5.74, 6) is -58.6. The maximum atomic E-state index is 14.1. The zero-order valence-electron chi connectivity index (χ0n) is 27.6. The Labute approximate surface area is 291 Å². The molecule has 0 aliphatic carbocycles. The molecule has 0 saturated heterocycles. The molecule has 0 fully saturated rings. The molecule has 0 rings (SSSR count). The zero-order valence-corrected chi connectivity index (χ0v) is 27.6. The van der Waals surface area contributed by atoms with E-state index in [4.69, 9.17) is 14.2 Å². The maximum absolute atomic E-state index is 14.1. The van der Waals surface area contributed by atoms with E-state index in [0.717, 1.165) is 6.92 Å². The van der Waals surface area contributed by atoms with E-state index in [0.29, 0.717) is 0 Å². The van der Waals surface area contributed by atoms with E-state index in [1.807, 2.05) is 0 Å². The number of halogens is 20. The summed E-state index contributed by atoms with van der Waals surface area (Å²) in [5.41, 5.74) is -2.10. The van der Waals surface area contributed by atoms with Gasteiger partial charge in [0, 0.05) is 14.2 Å². The fraction of sp³-hybridized carbons (Fsp3) is 0.962. The largest absolute Gasteiger partial charge is 0.457 e. The average Bonchev–Trinajstić information content (AvgIpc) is 3.04. The van der Waals surface area contributed by atoms with Gasteiger partial charge in [-0.25, -0.2) is 17.6 Å². The molecule has 8 nitrogen and oxygen atoms in total. The molecule has 0 aromatic rings. The highest BCUT2D eigenvalue weighted by Gasteiger charge is 2.84. The molecule has 0 atom stereocenters. The van der Waals surface area contributed by atoms with Crippen LogP contribution in [-0.4, -0.2) is 153 Å². The van der Waals surface area contributed by atoms with Crippen LogP contribution in [0.25, 0.3) is 0 Å². The molecule has 54 heavy (non-hydrogen) atoms. The van der Waals surface area contributed by atoms with Crippen molar-refractivity contribution in [1.29, 1.82) is 0 Å². The Bertz CT molecular complexity index is 1070. The van der Waals surface area contributed by atoms with Gasteiger partial charge < -0.3 is 33.2 Å². The van der Waals surface area contributed by atoms with Gasteiger partial charge in [0.25, 0.3) is 0 Å². The second-order valence-corrected chi connectivity index (χ2v) is 11.3. The van der Waals surface area contributed by atoms with Gasteiger partial charge in [-0.2, -0.15) is 70.2 Å². The van der Waals surface area contributed by atoms with Crippen molar-refractivity contribution in [3.05, 3.63) is 0 Å². The van der Waals surface area contributed by atoms with Crippen molar-refractivity contribution >= 4 is 5.97 Å². The molecule has 0 spiro atoms. The van der Waals surface area contributed by atoms with Gasteiger partial charge in [0.2, 0.25) is 0 Å². The smallest absolute Gasteiger partial charge is 0.384 e. The van der Waals surface area contributed by atoms with Crippen molar-refractivity contribution in [3.63, 3.8) is 0 Å². The molecule has 0 amide bonds. The predicted molar refractivity (Wildman–Crippen MR) is 137 cm³/mol. The van der Waals surface area contributed by atoms with Crippen molar-refractivity contribution < 1.29 is 126 Å². The van der Waals surface area contributed by atoms with Gasteiger partial charge in [-0.15, -0.1) is 0 Å². The number of methoxy groups -OCH3 is 2. The Morgan fingerprint density at radius 3 is 1.07 bits per heavy atom. The van der Waals surface area contributed by atoms with Crippen LogP contribution in [0.2, 0.25) is 0 Å². The third kappa shape index (κ3) is 11.5. The van der Waals surface area contributed by atoms with Gasteiger partial charge in [0.1, 0.15) is 24.7 Å². The molecular formula is C26H32F20O8. The minimum Gasteiger partial charge on any atom is -0.457 e.